The third-order valence-electron chi connectivity index (χ3n) is 3.69. The Morgan fingerprint density at radius 3 is 2.71 bits per heavy atom. The molecule has 1 atom stereocenters. The van der Waals surface area contributed by atoms with Crippen LogP contribution in [0.15, 0.2) is 39.4 Å². The van der Waals surface area contributed by atoms with Gasteiger partial charge in [0.15, 0.2) is 0 Å². The van der Waals surface area contributed by atoms with E-state index < -0.39 is 0 Å². The van der Waals surface area contributed by atoms with Crippen molar-refractivity contribution in [3.05, 3.63) is 51.9 Å². The molecular weight excluding hydrogens is 332 g/mol. The molecule has 2 N–H and O–H groups in total. The fourth-order valence-electron chi connectivity index (χ4n) is 2.46. The van der Waals surface area contributed by atoms with Gasteiger partial charge in [-0.3, -0.25) is 4.90 Å². The highest BCUT2D eigenvalue weighted by Crippen LogP contribution is 2.31. The Kier molecular flexibility index (Phi) is 5.45. The molecule has 0 radical (unpaired) electrons. The summed E-state index contributed by atoms with van der Waals surface area (Å²) in [7, 11) is 3.74. The number of likely N-dealkylation sites (N-methyl/N-ethyl adjacent to an activating group) is 1. The van der Waals surface area contributed by atoms with Gasteiger partial charge in [0.05, 0.1) is 19.4 Å². The number of rotatable bonds is 6. The quantitative estimate of drug-likeness (QED) is 0.864. The molecule has 0 aliphatic rings. The second-order valence-corrected chi connectivity index (χ2v) is 5.97. The number of hydrogen-bond donors (Lipinski definition) is 1. The number of nitrogens with two attached hydrogens (primary N) is 1. The third kappa shape index (κ3) is 3.67. The lowest BCUT2D eigenvalue weighted by molar-refractivity contribution is 0.234. The van der Waals surface area contributed by atoms with Gasteiger partial charge in [0.25, 0.3) is 0 Å². The fourth-order valence-corrected chi connectivity index (χ4v) is 2.84. The van der Waals surface area contributed by atoms with Gasteiger partial charge >= 0.3 is 0 Å². The second-order valence-electron chi connectivity index (χ2n) is 5.05. The van der Waals surface area contributed by atoms with E-state index in [-0.39, 0.29) is 6.04 Å². The van der Waals surface area contributed by atoms with Crippen LogP contribution in [0.25, 0.3) is 0 Å². The van der Waals surface area contributed by atoms with Crippen molar-refractivity contribution in [2.45, 2.75) is 19.5 Å². The fraction of sp³-hybridized carbons (Fsp3) is 0.375. The minimum absolute atomic E-state index is 0.0757. The molecule has 1 heterocycles. The monoisotopic (exact) mass is 352 g/mol. The van der Waals surface area contributed by atoms with Gasteiger partial charge in [0.1, 0.15) is 11.5 Å². The van der Waals surface area contributed by atoms with E-state index in [1.165, 1.54) is 5.56 Å². The molecule has 1 unspecified atom stereocenters. The van der Waals surface area contributed by atoms with E-state index in [0.717, 1.165) is 28.1 Å². The number of ether oxygens (including phenoxy) is 1. The molecule has 0 saturated carbocycles. The van der Waals surface area contributed by atoms with E-state index in [1.807, 2.05) is 25.1 Å². The number of hydrogen-bond acceptors (Lipinski definition) is 4. The van der Waals surface area contributed by atoms with E-state index in [1.54, 1.807) is 13.4 Å². The molecule has 0 bridgehead atoms. The summed E-state index contributed by atoms with van der Waals surface area (Å²) in [5.41, 5.74) is 8.26. The smallest absolute Gasteiger partial charge is 0.123 e. The predicted molar refractivity (Wildman–Crippen MR) is 87.4 cm³/mol. The summed E-state index contributed by atoms with van der Waals surface area (Å²) in [5.74, 6) is 1.79. The van der Waals surface area contributed by atoms with Crippen molar-refractivity contribution in [1.82, 2.24) is 4.90 Å². The SMILES string of the molecule is COc1ccc(Br)cc1C(CN)N(C)Cc1ccoc1C. The normalized spacial score (nSPS) is 12.7. The van der Waals surface area contributed by atoms with Crippen LogP contribution in [0.4, 0.5) is 0 Å². The molecule has 21 heavy (non-hydrogen) atoms. The first-order chi connectivity index (χ1) is 10.1. The van der Waals surface area contributed by atoms with Crippen LogP contribution in [-0.4, -0.2) is 25.6 Å². The number of halogens is 1. The molecule has 4 nitrogen and oxygen atoms in total. The lowest BCUT2D eigenvalue weighted by Crippen LogP contribution is -2.30. The van der Waals surface area contributed by atoms with Crippen LogP contribution in [0.5, 0.6) is 5.75 Å². The largest absolute Gasteiger partial charge is 0.496 e. The van der Waals surface area contributed by atoms with Crippen molar-refractivity contribution >= 4 is 15.9 Å². The van der Waals surface area contributed by atoms with Crippen LogP contribution in [0.2, 0.25) is 0 Å². The molecule has 0 aliphatic heterocycles. The highest BCUT2D eigenvalue weighted by Gasteiger charge is 2.20. The maximum atomic E-state index is 6.01. The van der Waals surface area contributed by atoms with Gasteiger partial charge in [-0.25, -0.2) is 0 Å². The topological polar surface area (TPSA) is 51.6 Å². The van der Waals surface area contributed by atoms with Crippen molar-refractivity contribution in [3.63, 3.8) is 0 Å². The average Bonchev–Trinajstić information content (AvgIpc) is 2.85. The van der Waals surface area contributed by atoms with E-state index in [0.29, 0.717) is 6.54 Å². The molecule has 2 rings (SSSR count). The minimum atomic E-state index is 0.0757. The lowest BCUT2D eigenvalue weighted by atomic mass is 10.0. The van der Waals surface area contributed by atoms with Crippen LogP contribution in [0.1, 0.15) is 22.9 Å². The first-order valence-electron chi connectivity index (χ1n) is 6.83. The summed E-state index contributed by atoms with van der Waals surface area (Å²) in [5, 5.41) is 0. The summed E-state index contributed by atoms with van der Waals surface area (Å²) in [6, 6.07) is 8.06. The van der Waals surface area contributed by atoms with Gasteiger partial charge in [0.2, 0.25) is 0 Å². The van der Waals surface area contributed by atoms with Crippen LogP contribution in [-0.2, 0) is 6.54 Å². The van der Waals surface area contributed by atoms with Crippen molar-refractivity contribution in [2.24, 2.45) is 5.73 Å². The Hall–Kier alpha value is -1.30. The van der Waals surface area contributed by atoms with Gasteiger partial charge in [0, 0.05) is 28.7 Å². The highest BCUT2D eigenvalue weighted by atomic mass is 79.9. The Balaban J connectivity index is 2.26. The molecule has 0 spiro atoms. The summed E-state index contributed by atoms with van der Waals surface area (Å²) < 4.78 is 11.8. The van der Waals surface area contributed by atoms with Gasteiger partial charge in [-0.1, -0.05) is 15.9 Å². The second kappa shape index (κ2) is 7.11. The molecular formula is C16H21BrN2O2. The molecule has 2 aromatic rings. The first-order valence-corrected chi connectivity index (χ1v) is 7.62. The summed E-state index contributed by atoms with van der Waals surface area (Å²) in [6.45, 7) is 3.26. The van der Waals surface area contributed by atoms with E-state index >= 15 is 0 Å². The third-order valence-corrected chi connectivity index (χ3v) is 4.19. The summed E-state index contributed by atoms with van der Waals surface area (Å²) >= 11 is 3.51. The first kappa shape index (κ1) is 16.1. The molecule has 114 valence electrons. The summed E-state index contributed by atoms with van der Waals surface area (Å²) in [6.07, 6.45) is 1.72. The Bertz CT molecular complexity index is 598. The van der Waals surface area contributed by atoms with Crippen LogP contribution < -0.4 is 10.5 Å². The zero-order valence-electron chi connectivity index (χ0n) is 12.6. The molecule has 1 aromatic carbocycles. The average molecular weight is 353 g/mol. The molecule has 0 aliphatic carbocycles. The maximum Gasteiger partial charge on any atom is 0.123 e. The number of methoxy groups -OCH3 is 1. The van der Waals surface area contributed by atoms with Crippen molar-refractivity contribution in [2.75, 3.05) is 20.7 Å². The van der Waals surface area contributed by atoms with Crippen LogP contribution >= 0.6 is 15.9 Å². The zero-order chi connectivity index (χ0) is 15.4. The number of benzene rings is 1. The molecule has 0 amide bonds. The van der Waals surface area contributed by atoms with Crippen molar-refractivity contribution in [3.8, 4) is 5.75 Å². The van der Waals surface area contributed by atoms with E-state index in [2.05, 4.69) is 33.9 Å². The summed E-state index contributed by atoms with van der Waals surface area (Å²) in [4.78, 5) is 2.21. The Morgan fingerprint density at radius 1 is 1.38 bits per heavy atom. The number of aryl methyl sites for hydroxylation is 1. The van der Waals surface area contributed by atoms with E-state index in [4.69, 9.17) is 14.9 Å². The Labute approximate surface area is 134 Å². The molecule has 5 heteroatoms. The molecule has 0 fully saturated rings. The van der Waals surface area contributed by atoms with Gasteiger partial charge in [-0.15, -0.1) is 0 Å². The molecule has 0 saturated heterocycles. The van der Waals surface area contributed by atoms with Gasteiger partial charge in [-0.05, 0) is 38.2 Å². The molecule has 1 aromatic heterocycles. The standard InChI is InChI=1S/C16H21BrN2O2/c1-11-12(6-7-21-11)10-19(2)15(9-18)14-8-13(17)4-5-16(14)20-3/h4-8,15H,9-10,18H2,1-3H3. The van der Waals surface area contributed by atoms with Crippen molar-refractivity contribution < 1.29 is 9.15 Å². The van der Waals surface area contributed by atoms with Gasteiger partial charge < -0.3 is 14.9 Å². The highest BCUT2D eigenvalue weighted by molar-refractivity contribution is 9.10. The zero-order valence-corrected chi connectivity index (χ0v) is 14.2. The predicted octanol–water partition coefficient (Wildman–Crippen LogP) is 3.49. The van der Waals surface area contributed by atoms with Crippen LogP contribution in [0.3, 0.4) is 0 Å². The number of furan rings is 1. The van der Waals surface area contributed by atoms with Crippen LogP contribution in [0, 0.1) is 6.92 Å². The Morgan fingerprint density at radius 2 is 2.14 bits per heavy atom. The maximum absolute atomic E-state index is 6.01. The van der Waals surface area contributed by atoms with Crippen molar-refractivity contribution in [1.29, 1.82) is 0 Å². The lowest BCUT2D eigenvalue weighted by Gasteiger charge is -2.28. The minimum Gasteiger partial charge on any atom is -0.496 e. The number of nitrogens with zero attached hydrogens (tertiary/aromatic N) is 1. The van der Waals surface area contributed by atoms with E-state index in [9.17, 15) is 0 Å². The van der Waals surface area contributed by atoms with Gasteiger partial charge in [-0.2, -0.15) is 0 Å².